The summed E-state index contributed by atoms with van der Waals surface area (Å²) in [6.07, 6.45) is 19.1. The molecule has 1 nitrogen and oxygen atoms in total. The van der Waals surface area contributed by atoms with Gasteiger partial charge in [0, 0.05) is 18.6 Å². The van der Waals surface area contributed by atoms with Gasteiger partial charge in [-0.3, -0.25) is 0 Å². The normalized spacial score (nSPS) is 11.1. The molecule has 158 valence electrons. The second kappa shape index (κ2) is 13.7. The lowest BCUT2D eigenvalue weighted by Gasteiger charge is -2.05. The van der Waals surface area contributed by atoms with Gasteiger partial charge in [-0.25, -0.2) is 0 Å². The number of hydrogen-bond donors (Lipinski definition) is 0. The fourth-order valence-corrected chi connectivity index (χ4v) is 4.35. The molecule has 0 aliphatic rings. The maximum absolute atomic E-state index is 2.44. The van der Waals surface area contributed by atoms with Gasteiger partial charge in [0.2, 0.25) is 5.52 Å². The van der Waals surface area contributed by atoms with Crippen molar-refractivity contribution in [2.45, 2.75) is 90.5 Å². The van der Waals surface area contributed by atoms with Gasteiger partial charge in [0.05, 0.1) is 5.39 Å². The summed E-state index contributed by atoms with van der Waals surface area (Å²) >= 11 is 0. The third-order valence-corrected chi connectivity index (χ3v) is 6.04. The van der Waals surface area contributed by atoms with Crippen molar-refractivity contribution in [2.75, 3.05) is 0 Å². The van der Waals surface area contributed by atoms with Gasteiger partial charge in [-0.05, 0) is 29.3 Å². The average Bonchev–Trinajstić information content (AvgIpc) is 2.74. The highest BCUT2D eigenvalue weighted by Crippen LogP contribution is 2.23. The number of pyridine rings is 1. The molecule has 0 radical (unpaired) electrons. The molecule has 0 spiro atoms. The van der Waals surface area contributed by atoms with Crippen molar-refractivity contribution in [3.63, 3.8) is 0 Å². The van der Waals surface area contributed by atoms with Crippen LogP contribution in [0.2, 0.25) is 0 Å². The Kier molecular flexibility index (Phi) is 11.3. The van der Waals surface area contributed by atoms with Gasteiger partial charge >= 0.3 is 0 Å². The van der Waals surface area contributed by atoms with E-state index in [2.05, 4.69) is 66.2 Å². The monoisotopic (exact) mass is 455 g/mol. The summed E-state index contributed by atoms with van der Waals surface area (Å²) in [5, 5.41) is 4.07. The van der Waals surface area contributed by atoms with Gasteiger partial charge in [-0.2, -0.15) is 4.57 Å². The van der Waals surface area contributed by atoms with Crippen molar-refractivity contribution in [3.8, 4) is 0 Å². The largest absolute Gasteiger partial charge is 1.00 e. The summed E-state index contributed by atoms with van der Waals surface area (Å²) in [5.74, 6) is 0. The number of rotatable bonds is 13. The molecular weight excluding hydrogens is 418 g/mol. The molecule has 2 heteroatoms. The maximum atomic E-state index is 2.44. The first-order chi connectivity index (χ1) is 13.9. The molecule has 0 aliphatic carbocycles. The number of nitrogens with zero attached hydrogens (tertiary/aromatic N) is 1. The summed E-state index contributed by atoms with van der Waals surface area (Å²) in [5.41, 5.74) is 1.37. The quantitative estimate of drug-likeness (QED) is 0.194. The van der Waals surface area contributed by atoms with E-state index in [-0.39, 0.29) is 17.0 Å². The van der Waals surface area contributed by atoms with Crippen molar-refractivity contribution >= 4 is 21.7 Å². The van der Waals surface area contributed by atoms with Crippen LogP contribution >= 0.6 is 0 Å². The molecule has 0 atom stereocenters. The Balaban J connectivity index is 0.00000300. The zero-order valence-corrected chi connectivity index (χ0v) is 19.8. The van der Waals surface area contributed by atoms with Gasteiger partial charge < -0.3 is 17.0 Å². The van der Waals surface area contributed by atoms with Crippen LogP contribution in [-0.4, -0.2) is 0 Å². The van der Waals surface area contributed by atoms with Crippen LogP contribution in [0.4, 0.5) is 0 Å². The van der Waals surface area contributed by atoms with Crippen molar-refractivity contribution < 1.29 is 21.5 Å². The van der Waals surface area contributed by atoms with Gasteiger partial charge in [0.1, 0.15) is 6.54 Å². The van der Waals surface area contributed by atoms with Crippen LogP contribution in [0.25, 0.3) is 21.7 Å². The third kappa shape index (κ3) is 7.41. The lowest BCUT2D eigenvalue weighted by Crippen LogP contribution is -3.00. The topological polar surface area (TPSA) is 3.88 Å². The van der Waals surface area contributed by atoms with Crippen LogP contribution in [0.1, 0.15) is 84.0 Å². The van der Waals surface area contributed by atoms with Gasteiger partial charge in [-0.15, -0.1) is 0 Å². The predicted molar refractivity (Wildman–Crippen MR) is 123 cm³/mol. The maximum Gasteiger partial charge on any atom is 0.213 e. The minimum absolute atomic E-state index is 0. The Labute approximate surface area is 188 Å². The average molecular weight is 457 g/mol. The molecule has 3 aromatic rings. The van der Waals surface area contributed by atoms with Crippen LogP contribution in [0.3, 0.4) is 0 Å². The Hall–Kier alpha value is -1.41. The van der Waals surface area contributed by atoms with Crippen molar-refractivity contribution in [2.24, 2.45) is 0 Å². The first-order valence-corrected chi connectivity index (χ1v) is 11.7. The number of unbranched alkanes of at least 4 members (excludes halogenated alkanes) is 11. The first kappa shape index (κ1) is 23.9. The van der Waals surface area contributed by atoms with E-state index in [1.807, 2.05) is 0 Å². The van der Waals surface area contributed by atoms with Gasteiger partial charge in [-0.1, -0.05) is 95.4 Å². The van der Waals surface area contributed by atoms with Crippen LogP contribution in [-0.2, 0) is 6.54 Å². The fourth-order valence-electron chi connectivity index (χ4n) is 4.35. The summed E-state index contributed by atoms with van der Waals surface area (Å²) in [6, 6.07) is 17.7. The van der Waals surface area contributed by atoms with Crippen LogP contribution < -0.4 is 21.5 Å². The zero-order chi connectivity index (χ0) is 19.4. The Bertz CT molecular complexity index is 842. The summed E-state index contributed by atoms with van der Waals surface area (Å²) in [6.45, 7) is 3.42. The number of hydrogen-bond acceptors (Lipinski definition) is 0. The summed E-state index contributed by atoms with van der Waals surface area (Å²) in [7, 11) is 0. The smallest absolute Gasteiger partial charge is 0.213 e. The van der Waals surface area contributed by atoms with E-state index in [4.69, 9.17) is 0 Å². The number of benzene rings is 2. The van der Waals surface area contributed by atoms with E-state index in [9.17, 15) is 0 Å². The predicted octanol–water partition coefficient (Wildman–Crippen LogP) is 4.99. The lowest BCUT2D eigenvalue weighted by molar-refractivity contribution is -0.671. The molecule has 0 aliphatic heterocycles. The molecule has 0 N–H and O–H groups in total. The van der Waals surface area contributed by atoms with Crippen molar-refractivity contribution in [3.05, 3.63) is 54.7 Å². The summed E-state index contributed by atoms with van der Waals surface area (Å²) < 4.78 is 2.44. The van der Waals surface area contributed by atoms with Crippen molar-refractivity contribution in [1.29, 1.82) is 0 Å². The molecular formula is C27H38BrN. The highest BCUT2D eigenvalue weighted by Gasteiger charge is 2.10. The standard InChI is InChI=1S/C27H38N.BrH/c1-2-3-4-5-6-7-8-9-10-11-12-15-22-28-23-16-19-26-25-18-14-13-17-24(25)20-21-27(26)28;/h13-14,16-21,23H,2-12,15,22H2,1H3;1H/q+1;/p-1. The van der Waals surface area contributed by atoms with E-state index in [0.717, 1.165) is 6.54 Å². The minimum atomic E-state index is 0. The minimum Gasteiger partial charge on any atom is -1.00 e. The van der Waals surface area contributed by atoms with Crippen LogP contribution in [0.15, 0.2) is 54.7 Å². The van der Waals surface area contributed by atoms with Gasteiger partial charge in [0.15, 0.2) is 6.20 Å². The third-order valence-electron chi connectivity index (χ3n) is 6.04. The van der Waals surface area contributed by atoms with E-state index in [1.54, 1.807) is 0 Å². The van der Waals surface area contributed by atoms with E-state index in [0.29, 0.717) is 0 Å². The molecule has 1 heterocycles. The molecule has 0 saturated carbocycles. The molecule has 1 aromatic heterocycles. The Morgan fingerprint density at radius 1 is 0.586 bits per heavy atom. The molecule has 0 fully saturated rings. The molecule has 0 unspecified atom stereocenters. The lowest BCUT2D eigenvalue weighted by atomic mass is 10.0. The number of fused-ring (bicyclic) bond motifs is 3. The molecule has 0 amide bonds. The van der Waals surface area contributed by atoms with E-state index >= 15 is 0 Å². The molecule has 0 bridgehead atoms. The first-order valence-electron chi connectivity index (χ1n) is 11.7. The second-order valence-electron chi connectivity index (χ2n) is 8.31. The fraction of sp³-hybridized carbons (Fsp3) is 0.519. The molecule has 2 aromatic carbocycles. The van der Waals surface area contributed by atoms with Crippen LogP contribution in [0.5, 0.6) is 0 Å². The summed E-state index contributed by atoms with van der Waals surface area (Å²) in [4.78, 5) is 0. The van der Waals surface area contributed by atoms with E-state index in [1.165, 1.54) is 98.7 Å². The molecule has 29 heavy (non-hydrogen) atoms. The zero-order valence-electron chi connectivity index (χ0n) is 18.2. The SMILES string of the molecule is CCCCCCCCCCCCCC[n+]1cccc2c3ccccc3ccc21.[Br-]. The van der Waals surface area contributed by atoms with Crippen LogP contribution in [0, 0.1) is 0 Å². The number of aryl methyl sites for hydroxylation is 1. The van der Waals surface area contributed by atoms with Gasteiger partial charge in [0.25, 0.3) is 0 Å². The Morgan fingerprint density at radius 2 is 1.17 bits per heavy atom. The highest BCUT2D eigenvalue weighted by molar-refractivity contribution is 6.04. The highest BCUT2D eigenvalue weighted by atomic mass is 79.9. The Morgan fingerprint density at radius 3 is 1.86 bits per heavy atom. The number of aromatic nitrogens is 1. The second-order valence-corrected chi connectivity index (χ2v) is 8.31. The molecule has 0 saturated heterocycles. The van der Waals surface area contributed by atoms with E-state index < -0.39 is 0 Å². The van der Waals surface area contributed by atoms with Crippen molar-refractivity contribution in [1.82, 2.24) is 0 Å². The molecule has 3 rings (SSSR count). The number of halogens is 1.